The van der Waals surface area contributed by atoms with Gasteiger partial charge >= 0.3 is 0 Å². The maximum absolute atomic E-state index is 11.8. The number of likely N-dealkylation sites (tertiary alicyclic amines) is 1. The highest BCUT2D eigenvalue weighted by atomic mass is 79.9. The van der Waals surface area contributed by atoms with Crippen LogP contribution in [-0.2, 0) is 4.79 Å². The summed E-state index contributed by atoms with van der Waals surface area (Å²) in [4.78, 5) is 13.6. The molecule has 6 heteroatoms. The zero-order valence-corrected chi connectivity index (χ0v) is 14.1. The number of halogens is 2. The molecule has 1 aliphatic rings. The number of carbonyl (C=O) groups is 1. The van der Waals surface area contributed by atoms with Gasteiger partial charge in [0, 0.05) is 17.6 Å². The van der Waals surface area contributed by atoms with E-state index in [-0.39, 0.29) is 24.9 Å². The van der Waals surface area contributed by atoms with Gasteiger partial charge in [0.2, 0.25) is 5.91 Å². The van der Waals surface area contributed by atoms with Crippen molar-refractivity contribution in [2.45, 2.75) is 18.9 Å². The summed E-state index contributed by atoms with van der Waals surface area (Å²) in [5, 5.41) is 8.92. The third-order valence-corrected chi connectivity index (χ3v) is 4.00. The quantitative estimate of drug-likeness (QED) is 0.851. The lowest BCUT2D eigenvalue weighted by atomic mass is 10.0. The van der Waals surface area contributed by atoms with Crippen molar-refractivity contribution < 1.29 is 9.90 Å². The van der Waals surface area contributed by atoms with Crippen LogP contribution in [0.5, 0.6) is 0 Å². The van der Waals surface area contributed by atoms with Crippen molar-refractivity contribution in [1.82, 2.24) is 4.90 Å². The van der Waals surface area contributed by atoms with Crippen molar-refractivity contribution >= 4 is 40.3 Å². The number of nitrogens with zero attached hydrogens (tertiary/aromatic N) is 1. The molecular weight excluding hydrogens is 356 g/mol. The molecular formula is C15H20BrClN2O2. The highest BCUT2D eigenvalue weighted by molar-refractivity contribution is 9.10. The number of carbonyl (C=O) groups excluding carboxylic acids is 1. The molecule has 1 aromatic rings. The minimum Gasteiger partial charge on any atom is -0.394 e. The Morgan fingerprint density at radius 1 is 1.33 bits per heavy atom. The van der Waals surface area contributed by atoms with Crippen LogP contribution in [0.4, 0.5) is 0 Å². The maximum Gasteiger partial charge on any atom is 0.241 e. The maximum atomic E-state index is 11.8. The molecule has 0 radical (unpaired) electrons. The van der Waals surface area contributed by atoms with Crippen LogP contribution >= 0.6 is 28.3 Å². The Hall–Kier alpha value is -0.880. The number of aliphatic hydroxyl groups excluding tert-OH is 1. The summed E-state index contributed by atoms with van der Waals surface area (Å²) in [6.45, 7) is 1.06. The van der Waals surface area contributed by atoms with Crippen molar-refractivity contribution in [1.29, 1.82) is 0 Å². The van der Waals surface area contributed by atoms with E-state index in [1.54, 1.807) is 4.90 Å². The predicted octanol–water partition coefficient (Wildman–Crippen LogP) is 2.20. The first-order valence-electron chi connectivity index (χ1n) is 6.70. The van der Waals surface area contributed by atoms with E-state index in [0.717, 1.165) is 17.3 Å². The van der Waals surface area contributed by atoms with Crippen LogP contribution in [0.1, 0.15) is 18.4 Å². The molecule has 1 saturated heterocycles. The average molecular weight is 376 g/mol. The van der Waals surface area contributed by atoms with Crippen molar-refractivity contribution in [3.8, 4) is 0 Å². The Labute approximate surface area is 139 Å². The second-order valence-corrected chi connectivity index (χ2v) is 5.88. The van der Waals surface area contributed by atoms with Crippen LogP contribution < -0.4 is 5.73 Å². The number of rotatable bonds is 3. The van der Waals surface area contributed by atoms with E-state index in [9.17, 15) is 4.79 Å². The fraction of sp³-hybridized carbons (Fsp3) is 0.400. The van der Waals surface area contributed by atoms with Gasteiger partial charge in [0.05, 0.1) is 6.61 Å². The monoisotopic (exact) mass is 374 g/mol. The van der Waals surface area contributed by atoms with Crippen LogP contribution in [0.25, 0.3) is 6.08 Å². The average Bonchev–Trinajstić information content (AvgIpc) is 2.49. The van der Waals surface area contributed by atoms with Gasteiger partial charge in [-0.2, -0.15) is 0 Å². The zero-order valence-electron chi connectivity index (χ0n) is 11.7. The van der Waals surface area contributed by atoms with Gasteiger partial charge in [-0.05, 0) is 30.5 Å². The molecule has 1 fully saturated rings. The van der Waals surface area contributed by atoms with E-state index in [4.69, 9.17) is 10.8 Å². The van der Waals surface area contributed by atoms with Gasteiger partial charge in [0.15, 0.2) is 0 Å². The van der Waals surface area contributed by atoms with Gasteiger partial charge in [-0.25, -0.2) is 0 Å². The van der Waals surface area contributed by atoms with E-state index < -0.39 is 6.04 Å². The number of nitrogens with two attached hydrogens (primary N) is 1. The van der Waals surface area contributed by atoms with E-state index in [1.807, 2.05) is 12.1 Å². The molecule has 3 N–H and O–H groups in total. The van der Waals surface area contributed by atoms with E-state index >= 15 is 0 Å². The summed E-state index contributed by atoms with van der Waals surface area (Å²) >= 11 is 3.42. The van der Waals surface area contributed by atoms with Crippen LogP contribution in [0.3, 0.4) is 0 Å². The molecule has 2 rings (SSSR count). The molecule has 0 spiro atoms. The highest BCUT2D eigenvalue weighted by Crippen LogP contribution is 2.20. The number of amides is 1. The van der Waals surface area contributed by atoms with Gasteiger partial charge in [-0.1, -0.05) is 39.7 Å². The summed E-state index contributed by atoms with van der Waals surface area (Å²) in [5.41, 5.74) is 8.08. The molecule has 1 aromatic carbocycles. The zero-order chi connectivity index (χ0) is 14.5. The summed E-state index contributed by atoms with van der Waals surface area (Å²) in [5.74, 6) is -0.157. The predicted molar refractivity (Wildman–Crippen MR) is 90.2 cm³/mol. The van der Waals surface area contributed by atoms with Crippen LogP contribution in [0.2, 0.25) is 0 Å². The Kier molecular flexibility index (Phi) is 7.39. The van der Waals surface area contributed by atoms with Crippen molar-refractivity contribution in [3.63, 3.8) is 0 Å². The highest BCUT2D eigenvalue weighted by Gasteiger charge is 2.23. The van der Waals surface area contributed by atoms with Gasteiger partial charge in [0.25, 0.3) is 0 Å². The molecule has 1 unspecified atom stereocenters. The Bertz CT molecular complexity index is 495. The lowest BCUT2D eigenvalue weighted by molar-refractivity contribution is -0.133. The van der Waals surface area contributed by atoms with Gasteiger partial charge in [-0.3, -0.25) is 4.79 Å². The Balaban J connectivity index is 0.00000220. The standard InChI is InChI=1S/C15H19BrN2O2.ClH/c16-13-3-1-11(2-4-13)9-12-5-7-18(8-6-12)15(20)14(17)10-19;/h1-4,9,14,19H,5-8,10,17H2;1H. The van der Waals surface area contributed by atoms with E-state index in [1.165, 1.54) is 11.1 Å². The minimum atomic E-state index is -0.785. The normalized spacial score (nSPS) is 16.1. The number of benzene rings is 1. The SMILES string of the molecule is Cl.NC(CO)C(=O)N1CCC(=Cc2ccc(Br)cc2)CC1. The van der Waals surface area contributed by atoms with Crippen molar-refractivity contribution in [3.05, 3.63) is 39.9 Å². The number of aliphatic hydroxyl groups is 1. The summed E-state index contributed by atoms with van der Waals surface area (Å²) in [6.07, 6.45) is 3.90. The second kappa shape index (κ2) is 8.54. The first-order valence-corrected chi connectivity index (χ1v) is 7.49. The molecule has 1 atom stereocenters. The largest absolute Gasteiger partial charge is 0.394 e. The minimum absolute atomic E-state index is 0. The van der Waals surface area contributed by atoms with Gasteiger partial charge in [0.1, 0.15) is 6.04 Å². The van der Waals surface area contributed by atoms with E-state index in [0.29, 0.717) is 13.1 Å². The Morgan fingerprint density at radius 3 is 2.43 bits per heavy atom. The van der Waals surface area contributed by atoms with Crippen LogP contribution in [0, 0.1) is 0 Å². The molecule has 1 heterocycles. The van der Waals surface area contributed by atoms with Crippen molar-refractivity contribution in [2.24, 2.45) is 5.73 Å². The second-order valence-electron chi connectivity index (χ2n) is 4.97. The molecule has 21 heavy (non-hydrogen) atoms. The first kappa shape index (κ1) is 18.2. The van der Waals surface area contributed by atoms with Crippen molar-refractivity contribution in [2.75, 3.05) is 19.7 Å². The molecule has 1 aliphatic heterocycles. The third-order valence-electron chi connectivity index (χ3n) is 3.47. The smallest absolute Gasteiger partial charge is 0.241 e. The summed E-state index contributed by atoms with van der Waals surface area (Å²) in [7, 11) is 0. The molecule has 116 valence electrons. The fourth-order valence-corrected chi connectivity index (χ4v) is 2.53. The molecule has 0 aliphatic carbocycles. The topological polar surface area (TPSA) is 66.6 Å². The number of hydrogen-bond acceptors (Lipinski definition) is 3. The third kappa shape index (κ3) is 5.11. The molecule has 0 bridgehead atoms. The summed E-state index contributed by atoms with van der Waals surface area (Å²) in [6, 6.07) is 7.38. The van der Waals surface area contributed by atoms with Crippen LogP contribution in [-0.4, -0.2) is 41.7 Å². The fourth-order valence-electron chi connectivity index (χ4n) is 2.27. The van der Waals surface area contributed by atoms with Gasteiger partial charge in [-0.15, -0.1) is 12.4 Å². The van der Waals surface area contributed by atoms with Gasteiger partial charge < -0.3 is 15.7 Å². The first-order chi connectivity index (χ1) is 9.60. The molecule has 1 amide bonds. The molecule has 4 nitrogen and oxygen atoms in total. The molecule has 0 aromatic heterocycles. The van der Waals surface area contributed by atoms with E-state index in [2.05, 4.69) is 34.1 Å². The molecule has 0 saturated carbocycles. The lowest BCUT2D eigenvalue weighted by Gasteiger charge is -2.30. The number of piperidine rings is 1. The summed E-state index contributed by atoms with van der Waals surface area (Å²) < 4.78 is 1.07. The number of hydrogen-bond donors (Lipinski definition) is 2. The van der Waals surface area contributed by atoms with Crippen LogP contribution in [0.15, 0.2) is 34.3 Å². The Morgan fingerprint density at radius 2 is 1.90 bits per heavy atom. The lowest BCUT2D eigenvalue weighted by Crippen LogP contribution is -2.47.